The third-order valence-corrected chi connectivity index (χ3v) is 4.49. The number of carbonyl (C=O) groups is 1. The van der Waals surface area contributed by atoms with Crippen molar-refractivity contribution in [3.05, 3.63) is 23.3 Å². The van der Waals surface area contributed by atoms with Crippen LogP contribution in [0.4, 0.5) is 0 Å². The minimum Gasteiger partial charge on any atom is -0.491 e. The van der Waals surface area contributed by atoms with Crippen LogP contribution in [0.5, 0.6) is 5.75 Å². The average Bonchev–Trinajstić information content (AvgIpc) is 3.13. The third-order valence-electron chi connectivity index (χ3n) is 3.17. The van der Waals surface area contributed by atoms with Gasteiger partial charge in [-0.25, -0.2) is 8.42 Å². The molecule has 0 atom stereocenters. The Hall–Kier alpha value is -1.27. The van der Waals surface area contributed by atoms with Gasteiger partial charge in [0.1, 0.15) is 10.6 Å². The standard InChI is InChI=1S/C14H18ClNO4S/c1-9-7-10(2)14(12(8-9)21(15,18)19)20-6-5-13(17)16-11-3-4-11/h7-8,11H,3-6H2,1-2H3,(H,16,17). The number of carbonyl (C=O) groups excluding carboxylic acids is 1. The van der Waals surface area contributed by atoms with Crippen molar-refractivity contribution in [3.63, 3.8) is 0 Å². The molecule has 1 N–H and O–H groups in total. The minimum atomic E-state index is -3.89. The van der Waals surface area contributed by atoms with Gasteiger partial charge >= 0.3 is 0 Å². The van der Waals surface area contributed by atoms with E-state index in [1.165, 1.54) is 6.07 Å². The first-order valence-corrected chi connectivity index (χ1v) is 9.06. The Balaban J connectivity index is 2.06. The van der Waals surface area contributed by atoms with E-state index in [9.17, 15) is 13.2 Å². The molecule has 0 heterocycles. The van der Waals surface area contributed by atoms with E-state index in [4.69, 9.17) is 15.4 Å². The second-order valence-electron chi connectivity index (χ2n) is 5.29. The van der Waals surface area contributed by atoms with Gasteiger partial charge in [0, 0.05) is 16.7 Å². The van der Waals surface area contributed by atoms with Gasteiger partial charge in [-0.2, -0.15) is 0 Å². The van der Waals surface area contributed by atoms with E-state index in [-0.39, 0.29) is 29.6 Å². The maximum atomic E-state index is 11.6. The van der Waals surface area contributed by atoms with E-state index in [1.54, 1.807) is 13.8 Å². The highest BCUT2D eigenvalue weighted by molar-refractivity contribution is 8.13. The van der Waals surface area contributed by atoms with Crippen LogP contribution in [0.2, 0.25) is 0 Å². The number of halogens is 1. The fourth-order valence-electron chi connectivity index (χ4n) is 2.05. The number of hydrogen-bond donors (Lipinski definition) is 1. The third kappa shape index (κ3) is 4.61. The minimum absolute atomic E-state index is 0.0516. The van der Waals surface area contributed by atoms with Crippen molar-refractivity contribution in [2.24, 2.45) is 0 Å². The molecule has 0 unspecified atom stereocenters. The van der Waals surface area contributed by atoms with Crippen LogP contribution in [0, 0.1) is 13.8 Å². The van der Waals surface area contributed by atoms with E-state index >= 15 is 0 Å². The lowest BCUT2D eigenvalue weighted by Crippen LogP contribution is -2.26. The average molecular weight is 332 g/mol. The van der Waals surface area contributed by atoms with Crippen LogP contribution in [0.3, 0.4) is 0 Å². The van der Waals surface area contributed by atoms with Gasteiger partial charge in [0.2, 0.25) is 5.91 Å². The summed E-state index contributed by atoms with van der Waals surface area (Å²) in [6.45, 7) is 3.64. The fourth-order valence-corrected chi connectivity index (χ4v) is 3.17. The maximum absolute atomic E-state index is 11.6. The summed E-state index contributed by atoms with van der Waals surface area (Å²) in [6.07, 6.45) is 2.24. The molecule has 0 aromatic heterocycles. The molecule has 1 saturated carbocycles. The zero-order chi connectivity index (χ0) is 15.6. The number of ether oxygens (including phenoxy) is 1. The van der Waals surface area contributed by atoms with Crippen molar-refractivity contribution >= 4 is 25.6 Å². The van der Waals surface area contributed by atoms with Gasteiger partial charge < -0.3 is 10.1 Å². The maximum Gasteiger partial charge on any atom is 0.265 e. The summed E-state index contributed by atoms with van der Waals surface area (Å²) in [4.78, 5) is 11.5. The molecular formula is C14H18ClNO4S. The molecule has 1 amide bonds. The summed E-state index contributed by atoms with van der Waals surface area (Å²) in [7, 11) is 1.55. The van der Waals surface area contributed by atoms with Gasteiger partial charge in [-0.05, 0) is 43.9 Å². The fraction of sp³-hybridized carbons (Fsp3) is 0.500. The molecule has 1 aromatic carbocycles. The van der Waals surface area contributed by atoms with E-state index in [1.807, 2.05) is 6.07 Å². The summed E-state index contributed by atoms with van der Waals surface area (Å²) in [6, 6.07) is 3.58. The smallest absolute Gasteiger partial charge is 0.265 e. The molecular weight excluding hydrogens is 314 g/mol. The molecule has 0 aliphatic heterocycles. The van der Waals surface area contributed by atoms with Crippen LogP contribution in [-0.4, -0.2) is 27.0 Å². The van der Waals surface area contributed by atoms with Crippen LogP contribution in [0.25, 0.3) is 0 Å². The summed E-state index contributed by atoms with van der Waals surface area (Å²) < 4.78 is 28.7. The van der Waals surface area contributed by atoms with Crippen molar-refractivity contribution in [3.8, 4) is 5.75 Å². The number of hydrogen-bond acceptors (Lipinski definition) is 4. The van der Waals surface area contributed by atoms with Gasteiger partial charge in [0.25, 0.3) is 9.05 Å². The van der Waals surface area contributed by atoms with E-state index < -0.39 is 9.05 Å². The topological polar surface area (TPSA) is 72.5 Å². The van der Waals surface area contributed by atoms with Gasteiger partial charge in [0.15, 0.2) is 0 Å². The Morgan fingerprint density at radius 2 is 2.05 bits per heavy atom. The predicted octanol–water partition coefficient (Wildman–Crippen LogP) is 2.28. The van der Waals surface area contributed by atoms with Gasteiger partial charge in [0.05, 0.1) is 13.0 Å². The lowest BCUT2D eigenvalue weighted by molar-refractivity contribution is -0.121. The number of aryl methyl sites for hydroxylation is 2. The first-order valence-electron chi connectivity index (χ1n) is 6.75. The van der Waals surface area contributed by atoms with Crippen molar-refractivity contribution < 1.29 is 17.9 Å². The number of rotatable bonds is 6. The Morgan fingerprint density at radius 3 is 2.62 bits per heavy atom. The molecule has 5 nitrogen and oxygen atoms in total. The largest absolute Gasteiger partial charge is 0.491 e. The van der Waals surface area contributed by atoms with Gasteiger partial charge in [-0.15, -0.1) is 0 Å². The summed E-state index contributed by atoms with van der Waals surface area (Å²) in [5.74, 6) is 0.132. The van der Waals surface area contributed by atoms with Crippen LogP contribution in [0.15, 0.2) is 17.0 Å². The van der Waals surface area contributed by atoms with Crippen molar-refractivity contribution in [2.45, 2.75) is 44.0 Å². The summed E-state index contributed by atoms with van der Waals surface area (Å²) >= 11 is 0. The molecule has 21 heavy (non-hydrogen) atoms. The Labute approximate surface area is 129 Å². The number of amides is 1. The molecule has 2 rings (SSSR count). The van der Waals surface area contributed by atoms with E-state index in [2.05, 4.69) is 5.32 Å². The number of nitrogens with one attached hydrogen (secondary N) is 1. The molecule has 7 heteroatoms. The Morgan fingerprint density at radius 1 is 1.38 bits per heavy atom. The highest BCUT2D eigenvalue weighted by Crippen LogP contribution is 2.31. The molecule has 0 spiro atoms. The Kier molecular flexibility index (Phi) is 4.78. The molecule has 0 saturated heterocycles. The first kappa shape index (κ1) is 16.1. The molecule has 116 valence electrons. The molecule has 1 aliphatic carbocycles. The van der Waals surface area contributed by atoms with Crippen molar-refractivity contribution in [1.82, 2.24) is 5.32 Å². The lowest BCUT2D eigenvalue weighted by atomic mass is 10.1. The van der Waals surface area contributed by atoms with Crippen LogP contribution in [0.1, 0.15) is 30.4 Å². The molecule has 1 aliphatic rings. The summed E-state index contributed by atoms with van der Waals surface area (Å²) in [5.41, 5.74) is 1.46. The number of benzene rings is 1. The highest BCUT2D eigenvalue weighted by atomic mass is 35.7. The van der Waals surface area contributed by atoms with Crippen molar-refractivity contribution in [2.75, 3.05) is 6.61 Å². The predicted molar refractivity (Wildman–Crippen MR) is 80.2 cm³/mol. The molecule has 0 bridgehead atoms. The second kappa shape index (κ2) is 6.23. The van der Waals surface area contributed by atoms with Crippen LogP contribution in [-0.2, 0) is 13.8 Å². The van der Waals surface area contributed by atoms with Crippen LogP contribution < -0.4 is 10.1 Å². The monoisotopic (exact) mass is 331 g/mol. The first-order chi connectivity index (χ1) is 9.77. The second-order valence-corrected chi connectivity index (χ2v) is 7.82. The Bertz CT molecular complexity index is 653. The van der Waals surface area contributed by atoms with E-state index in [0.29, 0.717) is 11.6 Å². The molecule has 0 radical (unpaired) electrons. The van der Waals surface area contributed by atoms with Crippen molar-refractivity contribution in [1.29, 1.82) is 0 Å². The summed E-state index contributed by atoms with van der Waals surface area (Å²) in [5, 5.41) is 2.85. The zero-order valence-electron chi connectivity index (χ0n) is 12.0. The normalized spacial score (nSPS) is 14.8. The van der Waals surface area contributed by atoms with Gasteiger partial charge in [-0.3, -0.25) is 4.79 Å². The SMILES string of the molecule is Cc1cc(C)c(OCCC(=O)NC2CC2)c(S(=O)(=O)Cl)c1. The lowest BCUT2D eigenvalue weighted by Gasteiger charge is -2.13. The van der Waals surface area contributed by atoms with Gasteiger partial charge in [-0.1, -0.05) is 6.07 Å². The molecule has 1 fully saturated rings. The van der Waals surface area contributed by atoms with Crippen LogP contribution >= 0.6 is 10.7 Å². The zero-order valence-corrected chi connectivity index (χ0v) is 13.6. The quantitative estimate of drug-likeness (QED) is 0.812. The van der Waals surface area contributed by atoms with E-state index in [0.717, 1.165) is 18.4 Å². The highest BCUT2D eigenvalue weighted by Gasteiger charge is 2.23. The molecule has 1 aromatic rings.